The van der Waals surface area contributed by atoms with Gasteiger partial charge in [0.1, 0.15) is 0 Å². The molecule has 0 bridgehead atoms. The average molecular weight is 349 g/mol. The zero-order valence-corrected chi connectivity index (χ0v) is 15.3. The number of hydrogen-bond donors (Lipinski definition) is 0. The van der Waals surface area contributed by atoms with Crippen LogP contribution in [-0.4, -0.2) is 6.54 Å². The van der Waals surface area contributed by atoms with Gasteiger partial charge in [-0.3, -0.25) is 0 Å². The van der Waals surface area contributed by atoms with E-state index in [4.69, 9.17) is 10.3 Å². The van der Waals surface area contributed by atoms with Crippen molar-refractivity contribution in [2.45, 2.75) is 51.2 Å². The highest BCUT2D eigenvalue weighted by Crippen LogP contribution is 2.28. The maximum absolute atomic E-state index is 8.61. The van der Waals surface area contributed by atoms with Gasteiger partial charge in [0.2, 0.25) is 0 Å². The second kappa shape index (κ2) is 10.0. The lowest BCUT2D eigenvalue weighted by Crippen LogP contribution is -2.08. The second-order valence-electron chi connectivity index (χ2n) is 7.13. The molecule has 0 heterocycles. The van der Waals surface area contributed by atoms with E-state index in [0.717, 1.165) is 17.0 Å². The minimum atomic E-state index is -0.214. The zero-order chi connectivity index (χ0) is 18.0. The van der Waals surface area contributed by atoms with Crippen LogP contribution in [0.5, 0.6) is 0 Å². The fourth-order valence-electron chi connectivity index (χ4n) is 3.70. The Bertz CT molecular complexity index is 702. The molecule has 1 aliphatic carbocycles. The Hall–Kier alpha value is -2.29. The normalized spacial score (nSPS) is 15.5. The van der Waals surface area contributed by atoms with E-state index in [1.54, 1.807) is 0 Å². The van der Waals surface area contributed by atoms with Crippen molar-refractivity contribution in [1.82, 2.24) is 0 Å². The molecule has 1 atom stereocenters. The van der Waals surface area contributed by atoms with Gasteiger partial charge in [0.15, 0.2) is 0 Å². The molecule has 1 fully saturated rings. The van der Waals surface area contributed by atoms with Crippen LogP contribution in [0.15, 0.2) is 59.7 Å². The smallest absolute Gasteiger partial charge is 0.0885 e. The van der Waals surface area contributed by atoms with Gasteiger partial charge in [-0.25, -0.2) is 0 Å². The average Bonchev–Trinajstić information content (AvgIpc) is 3.22. The van der Waals surface area contributed by atoms with Gasteiger partial charge in [-0.15, -0.1) is 0 Å². The standard InChI is InChI=1S/C22H27N3O/c23-25-24-16-22(21-8-2-1-3-9-21)26-17-20-14-12-19(13-15-20)11-10-18-6-4-5-7-18/h1-3,8-9,12-15,18,22H,4-7,10-11,16-17H2/t22-/m0/s1. The molecular formula is C22H27N3O. The molecule has 4 nitrogen and oxygen atoms in total. The van der Waals surface area contributed by atoms with Gasteiger partial charge in [0, 0.05) is 4.91 Å². The minimum Gasteiger partial charge on any atom is -0.369 e. The van der Waals surface area contributed by atoms with Gasteiger partial charge in [0.05, 0.1) is 19.3 Å². The lowest BCUT2D eigenvalue weighted by atomic mass is 9.98. The molecule has 0 aliphatic heterocycles. The summed E-state index contributed by atoms with van der Waals surface area (Å²) in [6.07, 6.45) is 7.94. The van der Waals surface area contributed by atoms with Crippen LogP contribution in [0, 0.1) is 5.92 Å². The summed E-state index contributed by atoms with van der Waals surface area (Å²) in [6, 6.07) is 18.7. The number of hydrogen-bond acceptors (Lipinski definition) is 2. The summed E-state index contributed by atoms with van der Waals surface area (Å²) in [5, 5.41) is 3.69. The van der Waals surface area contributed by atoms with Crippen LogP contribution in [0.4, 0.5) is 0 Å². The van der Waals surface area contributed by atoms with Crippen molar-refractivity contribution >= 4 is 0 Å². The molecule has 1 saturated carbocycles. The van der Waals surface area contributed by atoms with Crippen molar-refractivity contribution < 1.29 is 4.74 Å². The SMILES string of the molecule is [N-]=[N+]=NC[C@H](OCc1ccc(CCC2CCCC2)cc1)c1ccccc1. The minimum absolute atomic E-state index is 0.214. The van der Waals surface area contributed by atoms with Crippen LogP contribution in [0.2, 0.25) is 0 Å². The van der Waals surface area contributed by atoms with Crippen molar-refractivity contribution in [2.24, 2.45) is 11.0 Å². The number of azide groups is 1. The number of rotatable bonds is 9. The molecule has 1 aliphatic rings. The molecule has 26 heavy (non-hydrogen) atoms. The van der Waals surface area contributed by atoms with Crippen LogP contribution in [-0.2, 0) is 17.8 Å². The van der Waals surface area contributed by atoms with Crippen LogP contribution in [0.3, 0.4) is 0 Å². The van der Waals surface area contributed by atoms with Gasteiger partial charge in [0.25, 0.3) is 0 Å². The molecule has 2 aromatic rings. The van der Waals surface area contributed by atoms with E-state index in [1.165, 1.54) is 44.1 Å². The predicted octanol–water partition coefficient (Wildman–Crippen LogP) is 6.38. The Balaban J connectivity index is 1.52. The Morgan fingerprint density at radius 3 is 2.38 bits per heavy atom. The van der Waals surface area contributed by atoms with Crippen LogP contribution in [0.1, 0.15) is 54.9 Å². The summed E-state index contributed by atoms with van der Waals surface area (Å²) in [6.45, 7) is 0.823. The highest BCUT2D eigenvalue weighted by molar-refractivity contribution is 5.23. The van der Waals surface area contributed by atoms with Crippen LogP contribution >= 0.6 is 0 Å². The molecule has 0 spiro atoms. The number of nitrogens with zero attached hydrogens (tertiary/aromatic N) is 3. The molecule has 3 rings (SSSR count). The van der Waals surface area contributed by atoms with Crippen molar-refractivity contribution in [3.8, 4) is 0 Å². The van der Waals surface area contributed by atoms with E-state index in [9.17, 15) is 0 Å². The fraction of sp³-hybridized carbons (Fsp3) is 0.455. The maximum Gasteiger partial charge on any atom is 0.0885 e. The number of benzene rings is 2. The van der Waals surface area contributed by atoms with Gasteiger partial charge >= 0.3 is 0 Å². The first-order valence-electron chi connectivity index (χ1n) is 9.60. The van der Waals surface area contributed by atoms with Gasteiger partial charge < -0.3 is 4.74 Å². The first-order chi connectivity index (χ1) is 12.8. The van der Waals surface area contributed by atoms with Gasteiger partial charge in [-0.05, 0) is 41.0 Å². The second-order valence-corrected chi connectivity index (χ2v) is 7.13. The third-order valence-electron chi connectivity index (χ3n) is 5.27. The number of aryl methyl sites for hydroxylation is 1. The highest BCUT2D eigenvalue weighted by Gasteiger charge is 2.14. The lowest BCUT2D eigenvalue weighted by molar-refractivity contribution is 0.0457. The molecule has 4 heteroatoms. The third-order valence-corrected chi connectivity index (χ3v) is 5.27. The molecule has 0 radical (unpaired) electrons. The molecule has 0 N–H and O–H groups in total. The van der Waals surface area contributed by atoms with Crippen molar-refractivity contribution in [3.63, 3.8) is 0 Å². The molecule has 0 amide bonds. The van der Waals surface area contributed by atoms with E-state index in [1.807, 2.05) is 30.3 Å². The first kappa shape index (κ1) is 18.5. The Kier molecular flexibility index (Phi) is 7.12. The molecular weight excluding hydrogens is 322 g/mol. The van der Waals surface area contributed by atoms with E-state index in [-0.39, 0.29) is 6.10 Å². The summed E-state index contributed by atoms with van der Waals surface area (Å²) in [4.78, 5) is 2.87. The van der Waals surface area contributed by atoms with Gasteiger partial charge in [-0.1, -0.05) is 85.4 Å². The van der Waals surface area contributed by atoms with Crippen LogP contribution < -0.4 is 0 Å². The lowest BCUT2D eigenvalue weighted by Gasteiger charge is -2.16. The van der Waals surface area contributed by atoms with E-state index in [0.29, 0.717) is 13.2 Å². The quantitative estimate of drug-likeness (QED) is 0.294. The summed E-state index contributed by atoms with van der Waals surface area (Å²) < 4.78 is 6.03. The van der Waals surface area contributed by atoms with E-state index < -0.39 is 0 Å². The predicted molar refractivity (Wildman–Crippen MR) is 105 cm³/mol. The van der Waals surface area contributed by atoms with Crippen molar-refractivity contribution in [1.29, 1.82) is 0 Å². The molecule has 0 aromatic heterocycles. The Labute approximate surface area is 155 Å². The van der Waals surface area contributed by atoms with E-state index >= 15 is 0 Å². The topological polar surface area (TPSA) is 58.0 Å². The summed E-state index contributed by atoms with van der Waals surface area (Å²) in [5.41, 5.74) is 12.2. The van der Waals surface area contributed by atoms with Crippen molar-refractivity contribution in [3.05, 3.63) is 81.7 Å². The Morgan fingerprint density at radius 1 is 1.00 bits per heavy atom. The molecule has 136 valence electrons. The van der Waals surface area contributed by atoms with E-state index in [2.05, 4.69) is 34.3 Å². The first-order valence-corrected chi connectivity index (χ1v) is 9.60. The zero-order valence-electron chi connectivity index (χ0n) is 15.3. The van der Waals surface area contributed by atoms with Gasteiger partial charge in [-0.2, -0.15) is 0 Å². The molecule has 0 saturated heterocycles. The number of ether oxygens (including phenoxy) is 1. The summed E-state index contributed by atoms with van der Waals surface area (Å²) in [7, 11) is 0. The summed E-state index contributed by atoms with van der Waals surface area (Å²) in [5.74, 6) is 0.935. The molecule has 2 aromatic carbocycles. The van der Waals surface area contributed by atoms with Crippen molar-refractivity contribution in [2.75, 3.05) is 6.54 Å². The third kappa shape index (κ3) is 5.62. The monoisotopic (exact) mass is 349 g/mol. The highest BCUT2D eigenvalue weighted by atomic mass is 16.5. The summed E-state index contributed by atoms with van der Waals surface area (Å²) >= 11 is 0. The maximum atomic E-state index is 8.61. The largest absolute Gasteiger partial charge is 0.369 e. The molecule has 0 unspecified atom stereocenters. The van der Waals surface area contributed by atoms with Crippen LogP contribution in [0.25, 0.3) is 10.4 Å². The Morgan fingerprint density at radius 2 is 1.69 bits per heavy atom. The fourth-order valence-corrected chi connectivity index (χ4v) is 3.70.